The average Bonchev–Trinajstić information content (AvgIpc) is 2.82. The van der Waals surface area contributed by atoms with Crippen LogP contribution >= 0.6 is 0 Å². The van der Waals surface area contributed by atoms with Gasteiger partial charge in [-0.15, -0.1) is 0 Å². The molecular weight excluding hydrogens is 242 g/mol. The number of hydrogen-bond donors (Lipinski definition) is 3. The van der Waals surface area contributed by atoms with Crippen LogP contribution in [0.4, 0.5) is 0 Å². The fourth-order valence-corrected chi connectivity index (χ4v) is 2.82. The van der Waals surface area contributed by atoms with Crippen molar-refractivity contribution in [1.82, 2.24) is 0 Å². The van der Waals surface area contributed by atoms with Gasteiger partial charge in [0.1, 0.15) is 5.75 Å². The van der Waals surface area contributed by atoms with E-state index in [-0.39, 0.29) is 13.2 Å². The first-order chi connectivity index (χ1) is 9.18. The Bertz CT molecular complexity index is 393. The Kier molecular flexibility index (Phi) is 4.80. The molecule has 1 aliphatic rings. The van der Waals surface area contributed by atoms with Gasteiger partial charge < -0.3 is 20.7 Å². The summed E-state index contributed by atoms with van der Waals surface area (Å²) in [4.78, 5) is 0. The molecule has 1 aromatic carbocycles. The molecule has 4 nitrogen and oxygen atoms in total. The zero-order chi connectivity index (χ0) is 13.7. The highest BCUT2D eigenvalue weighted by Gasteiger charge is 2.38. The highest BCUT2D eigenvalue weighted by atomic mass is 16.5. The molecule has 0 radical (unpaired) electrons. The average molecular weight is 265 g/mol. The van der Waals surface area contributed by atoms with Gasteiger partial charge in [-0.25, -0.2) is 0 Å². The summed E-state index contributed by atoms with van der Waals surface area (Å²) in [6, 6.07) is 7.43. The van der Waals surface area contributed by atoms with E-state index in [0.717, 1.165) is 37.0 Å². The summed E-state index contributed by atoms with van der Waals surface area (Å²) >= 11 is 0. The van der Waals surface area contributed by atoms with Crippen LogP contribution in [0.1, 0.15) is 31.2 Å². The fraction of sp³-hybridized carbons (Fsp3) is 0.600. The molecule has 0 amide bonds. The van der Waals surface area contributed by atoms with E-state index in [9.17, 15) is 5.11 Å². The first-order valence-electron chi connectivity index (χ1n) is 6.90. The minimum atomic E-state index is -0.413. The third-order valence-electron chi connectivity index (χ3n) is 4.14. The van der Waals surface area contributed by atoms with Crippen LogP contribution < -0.4 is 10.5 Å². The minimum Gasteiger partial charge on any atom is -0.494 e. The molecule has 0 heterocycles. The summed E-state index contributed by atoms with van der Waals surface area (Å²) in [6.07, 6.45) is 3.94. The van der Waals surface area contributed by atoms with Crippen LogP contribution in [-0.2, 0) is 6.61 Å². The van der Waals surface area contributed by atoms with Crippen molar-refractivity contribution in [2.45, 2.75) is 37.8 Å². The SMILES string of the molecule is NC1(CO)CCCC1CCOc1ccc(CO)cc1. The molecule has 0 spiro atoms. The molecule has 2 rings (SSSR count). The summed E-state index contributed by atoms with van der Waals surface area (Å²) in [7, 11) is 0. The van der Waals surface area contributed by atoms with Crippen molar-refractivity contribution >= 4 is 0 Å². The Hall–Kier alpha value is -1.10. The molecule has 4 N–H and O–H groups in total. The molecule has 1 aliphatic carbocycles. The number of benzene rings is 1. The number of hydrogen-bond acceptors (Lipinski definition) is 4. The van der Waals surface area contributed by atoms with Gasteiger partial charge in [0.05, 0.1) is 19.8 Å². The van der Waals surface area contributed by atoms with Crippen LogP contribution in [0.5, 0.6) is 5.75 Å². The van der Waals surface area contributed by atoms with Gasteiger partial charge in [-0.1, -0.05) is 18.6 Å². The standard InChI is InChI=1S/C15H23NO3/c16-15(11-18)8-1-2-13(15)7-9-19-14-5-3-12(10-17)4-6-14/h3-6,13,17-18H,1-2,7-11,16H2. The third kappa shape index (κ3) is 3.47. The predicted molar refractivity (Wildman–Crippen MR) is 73.8 cm³/mol. The second-order valence-electron chi connectivity index (χ2n) is 5.42. The maximum atomic E-state index is 9.38. The van der Waals surface area contributed by atoms with E-state index in [1.54, 1.807) is 0 Å². The maximum absolute atomic E-state index is 9.38. The lowest BCUT2D eigenvalue weighted by Crippen LogP contribution is -2.47. The highest BCUT2D eigenvalue weighted by molar-refractivity contribution is 5.26. The normalized spacial score (nSPS) is 26.6. The number of rotatable bonds is 6. The Labute approximate surface area is 114 Å². The topological polar surface area (TPSA) is 75.7 Å². The van der Waals surface area contributed by atoms with Gasteiger partial charge >= 0.3 is 0 Å². The minimum absolute atomic E-state index is 0.0501. The Morgan fingerprint density at radius 3 is 2.63 bits per heavy atom. The molecule has 19 heavy (non-hydrogen) atoms. The van der Waals surface area contributed by atoms with E-state index in [4.69, 9.17) is 15.6 Å². The van der Waals surface area contributed by atoms with E-state index in [2.05, 4.69) is 0 Å². The lowest BCUT2D eigenvalue weighted by Gasteiger charge is -2.29. The third-order valence-corrected chi connectivity index (χ3v) is 4.14. The molecule has 4 heteroatoms. The van der Waals surface area contributed by atoms with Crippen LogP contribution in [0.3, 0.4) is 0 Å². The number of aliphatic hydroxyl groups is 2. The zero-order valence-electron chi connectivity index (χ0n) is 11.2. The van der Waals surface area contributed by atoms with Gasteiger partial charge in [0, 0.05) is 5.54 Å². The molecule has 1 saturated carbocycles. The lowest BCUT2D eigenvalue weighted by molar-refractivity contribution is 0.143. The van der Waals surface area contributed by atoms with Gasteiger partial charge in [0.25, 0.3) is 0 Å². The molecule has 0 aromatic heterocycles. The molecule has 1 fully saturated rings. The van der Waals surface area contributed by atoms with E-state index in [1.165, 1.54) is 0 Å². The first-order valence-corrected chi connectivity index (χ1v) is 6.90. The van der Waals surface area contributed by atoms with Crippen molar-refractivity contribution < 1.29 is 14.9 Å². The molecule has 106 valence electrons. The van der Waals surface area contributed by atoms with Crippen LogP contribution in [0.15, 0.2) is 24.3 Å². The van der Waals surface area contributed by atoms with Crippen molar-refractivity contribution in [3.05, 3.63) is 29.8 Å². The molecule has 0 saturated heterocycles. The number of aliphatic hydroxyl groups excluding tert-OH is 2. The fourth-order valence-electron chi connectivity index (χ4n) is 2.82. The highest BCUT2D eigenvalue weighted by Crippen LogP contribution is 2.35. The first kappa shape index (κ1) is 14.3. The molecule has 2 atom stereocenters. The van der Waals surface area contributed by atoms with Crippen molar-refractivity contribution in [2.75, 3.05) is 13.2 Å². The van der Waals surface area contributed by atoms with Gasteiger partial charge in [-0.2, -0.15) is 0 Å². The predicted octanol–water partition coefficient (Wildman–Crippen LogP) is 1.44. The molecule has 0 aliphatic heterocycles. The number of nitrogens with two attached hydrogens (primary N) is 1. The maximum Gasteiger partial charge on any atom is 0.119 e. The lowest BCUT2D eigenvalue weighted by atomic mass is 9.87. The summed E-state index contributed by atoms with van der Waals surface area (Å²) < 4.78 is 5.69. The van der Waals surface area contributed by atoms with E-state index in [1.807, 2.05) is 24.3 Å². The summed E-state index contributed by atoms with van der Waals surface area (Å²) in [5.41, 5.74) is 6.65. The van der Waals surface area contributed by atoms with E-state index < -0.39 is 5.54 Å². The summed E-state index contributed by atoms with van der Waals surface area (Å²) in [5, 5.41) is 18.3. The molecule has 0 bridgehead atoms. The van der Waals surface area contributed by atoms with Gasteiger partial charge in [-0.05, 0) is 42.9 Å². The zero-order valence-corrected chi connectivity index (χ0v) is 11.2. The van der Waals surface area contributed by atoms with E-state index >= 15 is 0 Å². The Morgan fingerprint density at radius 1 is 1.26 bits per heavy atom. The second-order valence-corrected chi connectivity index (χ2v) is 5.42. The van der Waals surface area contributed by atoms with Crippen molar-refractivity contribution in [1.29, 1.82) is 0 Å². The van der Waals surface area contributed by atoms with Gasteiger partial charge in [0.2, 0.25) is 0 Å². The largest absolute Gasteiger partial charge is 0.494 e. The monoisotopic (exact) mass is 265 g/mol. The van der Waals surface area contributed by atoms with E-state index in [0.29, 0.717) is 12.5 Å². The second kappa shape index (κ2) is 6.37. The molecule has 2 unspecified atom stereocenters. The quantitative estimate of drug-likeness (QED) is 0.727. The Balaban J connectivity index is 1.79. The molecule has 1 aromatic rings. The summed E-state index contributed by atoms with van der Waals surface area (Å²) in [5.74, 6) is 1.15. The van der Waals surface area contributed by atoms with Crippen molar-refractivity contribution in [2.24, 2.45) is 11.7 Å². The smallest absolute Gasteiger partial charge is 0.119 e. The Morgan fingerprint density at radius 2 is 2.00 bits per heavy atom. The van der Waals surface area contributed by atoms with Crippen LogP contribution in [0.2, 0.25) is 0 Å². The van der Waals surface area contributed by atoms with Crippen LogP contribution in [-0.4, -0.2) is 29.0 Å². The molecular formula is C15H23NO3. The summed E-state index contributed by atoms with van der Waals surface area (Å²) in [6.45, 7) is 0.722. The van der Waals surface area contributed by atoms with Crippen molar-refractivity contribution in [3.63, 3.8) is 0 Å². The number of ether oxygens (including phenoxy) is 1. The van der Waals surface area contributed by atoms with Gasteiger partial charge in [-0.3, -0.25) is 0 Å². The van der Waals surface area contributed by atoms with Crippen molar-refractivity contribution in [3.8, 4) is 5.75 Å². The van der Waals surface area contributed by atoms with Gasteiger partial charge in [0.15, 0.2) is 0 Å². The van der Waals surface area contributed by atoms with Crippen LogP contribution in [0.25, 0.3) is 0 Å². The van der Waals surface area contributed by atoms with Crippen LogP contribution in [0, 0.1) is 5.92 Å².